The Hall–Kier alpha value is -2.70. The molecule has 0 aliphatic heterocycles. The van der Waals surface area contributed by atoms with Crippen LogP contribution >= 0.6 is 34.4 Å². The van der Waals surface area contributed by atoms with E-state index in [0.717, 1.165) is 34.6 Å². The predicted molar refractivity (Wildman–Crippen MR) is 115 cm³/mol. The lowest BCUT2D eigenvalue weighted by molar-refractivity contribution is -0.115. The maximum Gasteiger partial charge on any atom is 0.277 e. The lowest BCUT2D eigenvalue weighted by Gasteiger charge is -2.07. The van der Waals surface area contributed by atoms with Gasteiger partial charge in [0.2, 0.25) is 11.8 Å². The Morgan fingerprint density at radius 3 is 2.77 bits per heavy atom. The first-order valence-electron chi connectivity index (χ1n) is 8.99. The molecule has 0 saturated carbocycles. The van der Waals surface area contributed by atoms with Crippen molar-refractivity contribution in [3.63, 3.8) is 0 Å². The van der Waals surface area contributed by atoms with Crippen LogP contribution in [0.4, 0.5) is 13.9 Å². The lowest BCUT2D eigenvalue weighted by atomic mass is 10.2. The Labute approximate surface area is 188 Å². The van der Waals surface area contributed by atoms with Crippen LogP contribution in [0.25, 0.3) is 11.3 Å². The number of hydrogen-bond acceptors (Lipinski definition) is 9. The number of hydrogen-bond donors (Lipinski definition) is 1. The third-order valence-electron chi connectivity index (χ3n) is 4.04. The highest BCUT2D eigenvalue weighted by Gasteiger charge is 2.20. The van der Waals surface area contributed by atoms with Gasteiger partial charge < -0.3 is 9.73 Å². The fourth-order valence-corrected chi connectivity index (χ4v) is 4.57. The zero-order chi connectivity index (χ0) is 22.0. The van der Waals surface area contributed by atoms with Crippen LogP contribution < -0.4 is 5.32 Å². The molecule has 3 aromatic heterocycles. The first-order chi connectivity index (χ1) is 14.9. The number of rotatable bonds is 7. The summed E-state index contributed by atoms with van der Waals surface area (Å²) in [6.07, 6.45) is 0.435. The Morgan fingerprint density at radius 2 is 2.03 bits per heavy atom. The minimum atomic E-state index is -0.954. The molecule has 3 heterocycles. The maximum absolute atomic E-state index is 13.4. The van der Waals surface area contributed by atoms with Crippen molar-refractivity contribution in [1.82, 2.24) is 20.2 Å². The molecule has 4 rings (SSSR count). The monoisotopic (exact) mass is 479 g/mol. The molecule has 0 fully saturated rings. The van der Waals surface area contributed by atoms with E-state index in [2.05, 4.69) is 25.5 Å². The van der Waals surface area contributed by atoms with Gasteiger partial charge in [0.15, 0.2) is 16.8 Å². The van der Waals surface area contributed by atoms with Crippen LogP contribution in [0, 0.1) is 18.6 Å². The van der Waals surface area contributed by atoms with Gasteiger partial charge in [-0.05, 0) is 32.0 Å². The van der Waals surface area contributed by atoms with Crippen molar-refractivity contribution in [3.05, 3.63) is 57.2 Å². The number of anilines is 1. The third kappa shape index (κ3) is 5.32. The van der Waals surface area contributed by atoms with Crippen LogP contribution in [0.1, 0.15) is 23.5 Å². The van der Waals surface area contributed by atoms with Gasteiger partial charge in [0.05, 0.1) is 28.1 Å². The summed E-state index contributed by atoms with van der Waals surface area (Å²) in [4.78, 5) is 21.1. The molecule has 1 atom stereocenters. The summed E-state index contributed by atoms with van der Waals surface area (Å²) in [5.74, 6) is -1.75. The highest BCUT2D eigenvalue weighted by atomic mass is 32.2. The second kappa shape index (κ2) is 9.20. The van der Waals surface area contributed by atoms with Gasteiger partial charge in [0.1, 0.15) is 0 Å². The summed E-state index contributed by atoms with van der Waals surface area (Å²) in [6, 6.07) is 3.53. The summed E-state index contributed by atoms with van der Waals surface area (Å²) in [7, 11) is 0. The van der Waals surface area contributed by atoms with Crippen molar-refractivity contribution in [2.24, 2.45) is 0 Å². The van der Waals surface area contributed by atoms with Gasteiger partial charge in [-0.15, -0.1) is 32.9 Å². The molecule has 0 aliphatic carbocycles. The molecule has 0 radical (unpaired) electrons. The predicted octanol–water partition coefficient (Wildman–Crippen LogP) is 4.95. The highest BCUT2D eigenvalue weighted by molar-refractivity contribution is 8.00. The highest BCUT2D eigenvalue weighted by Crippen LogP contribution is 2.28. The number of benzene rings is 1. The standard InChI is InChI=1S/C19H15F2N5O2S3/c1-9(31-19-26-25-16(28-19)6-12-7-29-10(2)22-12)17(27)24-18-23-15(8-30-18)11-3-4-13(20)14(21)5-11/h3-5,7-9H,6H2,1-2H3,(H,23,24,27). The molecular formula is C19H15F2N5O2S3. The van der Waals surface area contributed by atoms with Gasteiger partial charge in [-0.25, -0.2) is 18.7 Å². The molecule has 0 aliphatic rings. The maximum atomic E-state index is 13.4. The van der Waals surface area contributed by atoms with Gasteiger partial charge >= 0.3 is 0 Å². The molecule has 1 aromatic carbocycles. The van der Waals surface area contributed by atoms with E-state index in [1.807, 2.05) is 12.3 Å². The van der Waals surface area contributed by atoms with Gasteiger partial charge in [-0.1, -0.05) is 11.8 Å². The smallest absolute Gasteiger partial charge is 0.277 e. The molecule has 31 heavy (non-hydrogen) atoms. The first kappa shape index (κ1) is 21.5. The number of carbonyl (C=O) groups excluding carboxylic acids is 1. The van der Waals surface area contributed by atoms with Crippen molar-refractivity contribution in [2.75, 3.05) is 5.32 Å². The van der Waals surface area contributed by atoms with Gasteiger partial charge in [0, 0.05) is 16.3 Å². The van der Waals surface area contributed by atoms with Crippen molar-refractivity contribution >= 4 is 45.5 Å². The summed E-state index contributed by atoms with van der Waals surface area (Å²) >= 11 is 3.87. The largest absolute Gasteiger partial charge is 0.416 e. The molecule has 1 amide bonds. The average molecular weight is 480 g/mol. The fraction of sp³-hybridized carbons (Fsp3) is 0.211. The van der Waals surface area contributed by atoms with Crippen LogP contribution in [-0.4, -0.2) is 31.3 Å². The van der Waals surface area contributed by atoms with Crippen LogP contribution in [0.5, 0.6) is 0 Å². The van der Waals surface area contributed by atoms with Crippen molar-refractivity contribution in [2.45, 2.75) is 30.7 Å². The van der Waals surface area contributed by atoms with Crippen LogP contribution in [-0.2, 0) is 11.2 Å². The summed E-state index contributed by atoms with van der Waals surface area (Å²) in [6.45, 7) is 3.63. The number of thiazole rings is 2. The normalized spacial score (nSPS) is 12.1. The molecule has 0 saturated heterocycles. The second-order valence-corrected chi connectivity index (χ2v) is 9.62. The van der Waals surface area contributed by atoms with E-state index in [-0.39, 0.29) is 11.1 Å². The quantitative estimate of drug-likeness (QED) is 0.375. The third-order valence-corrected chi connectivity index (χ3v) is 6.56. The number of carbonyl (C=O) groups is 1. The molecule has 0 bridgehead atoms. The number of aryl methyl sites for hydroxylation is 1. The molecule has 1 unspecified atom stereocenters. The number of halogens is 2. The van der Waals surface area contributed by atoms with E-state index < -0.39 is 16.9 Å². The van der Waals surface area contributed by atoms with E-state index in [9.17, 15) is 13.6 Å². The van der Waals surface area contributed by atoms with Gasteiger partial charge in [0.25, 0.3) is 5.22 Å². The molecule has 1 N–H and O–H groups in total. The summed E-state index contributed by atoms with van der Waals surface area (Å²) in [5, 5.41) is 15.3. The fourth-order valence-electron chi connectivity index (χ4n) is 2.53. The van der Waals surface area contributed by atoms with Crippen LogP contribution in [0.3, 0.4) is 0 Å². The van der Waals surface area contributed by atoms with Crippen molar-refractivity contribution < 1.29 is 18.0 Å². The Balaban J connectivity index is 1.35. The van der Waals surface area contributed by atoms with E-state index in [4.69, 9.17) is 4.42 Å². The Bertz CT molecular complexity index is 1220. The van der Waals surface area contributed by atoms with Gasteiger partial charge in [-0.2, -0.15) is 0 Å². The van der Waals surface area contributed by atoms with E-state index >= 15 is 0 Å². The zero-order valence-electron chi connectivity index (χ0n) is 16.3. The topological polar surface area (TPSA) is 93.8 Å². The minimum Gasteiger partial charge on any atom is -0.416 e. The molecular weight excluding hydrogens is 464 g/mol. The Kier molecular flexibility index (Phi) is 6.39. The number of amides is 1. The van der Waals surface area contributed by atoms with Crippen LogP contribution in [0.2, 0.25) is 0 Å². The lowest BCUT2D eigenvalue weighted by Crippen LogP contribution is -2.22. The van der Waals surface area contributed by atoms with Gasteiger partial charge in [-0.3, -0.25) is 4.79 Å². The number of nitrogens with zero attached hydrogens (tertiary/aromatic N) is 4. The van der Waals surface area contributed by atoms with Crippen molar-refractivity contribution in [1.29, 1.82) is 0 Å². The number of thioether (sulfide) groups is 1. The zero-order valence-corrected chi connectivity index (χ0v) is 18.7. The average Bonchev–Trinajstić information content (AvgIpc) is 3.47. The van der Waals surface area contributed by atoms with Crippen LogP contribution in [0.15, 0.2) is 38.6 Å². The summed E-state index contributed by atoms with van der Waals surface area (Å²) in [5.41, 5.74) is 1.72. The molecule has 7 nitrogen and oxygen atoms in total. The molecule has 160 valence electrons. The number of aromatic nitrogens is 4. The molecule has 0 spiro atoms. The van der Waals surface area contributed by atoms with E-state index in [0.29, 0.717) is 28.7 Å². The molecule has 4 aromatic rings. The molecule has 12 heteroatoms. The SMILES string of the molecule is Cc1nc(Cc2nnc(SC(C)C(=O)Nc3nc(-c4ccc(F)c(F)c4)cs3)o2)cs1. The Morgan fingerprint density at radius 1 is 1.19 bits per heavy atom. The first-order valence-corrected chi connectivity index (χ1v) is 11.6. The van der Waals surface area contributed by atoms with E-state index in [1.165, 1.54) is 17.4 Å². The summed E-state index contributed by atoms with van der Waals surface area (Å²) < 4.78 is 32.1. The number of nitrogens with one attached hydrogen (secondary N) is 1. The van der Waals surface area contributed by atoms with Crippen molar-refractivity contribution in [3.8, 4) is 11.3 Å². The van der Waals surface area contributed by atoms with E-state index in [1.54, 1.807) is 23.6 Å². The minimum absolute atomic E-state index is 0.284. The second-order valence-electron chi connectivity index (χ2n) is 6.41.